The highest BCUT2D eigenvalue weighted by Gasteiger charge is 2.44. The molecule has 0 aliphatic rings. The number of hydrogen-bond donors (Lipinski definition) is 0. The Bertz CT molecular complexity index is 685. The summed E-state index contributed by atoms with van der Waals surface area (Å²) >= 11 is 5.75. The van der Waals surface area contributed by atoms with Crippen molar-refractivity contribution in [3.05, 3.63) is 91.0 Å². The SMILES string of the molecule is ClCCCOCCC[P+](c1ccccc1)(c1ccccc1)c1ccccc1.[Cl-]. The van der Waals surface area contributed by atoms with Gasteiger partial charge in [-0.3, -0.25) is 0 Å². The Balaban J connectivity index is 0.00000280. The Morgan fingerprint density at radius 3 is 1.39 bits per heavy atom. The minimum absolute atomic E-state index is 0. The third-order valence-electron chi connectivity index (χ3n) is 4.80. The van der Waals surface area contributed by atoms with E-state index < -0.39 is 7.26 Å². The molecule has 0 spiro atoms. The highest BCUT2D eigenvalue weighted by molar-refractivity contribution is 7.95. The first-order chi connectivity index (χ1) is 13.4. The van der Waals surface area contributed by atoms with Crippen LogP contribution in [0.5, 0.6) is 0 Å². The van der Waals surface area contributed by atoms with Gasteiger partial charge in [0.05, 0.1) is 12.8 Å². The van der Waals surface area contributed by atoms with Crippen molar-refractivity contribution in [3.8, 4) is 0 Å². The van der Waals surface area contributed by atoms with Crippen LogP contribution in [0.2, 0.25) is 0 Å². The highest BCUT2D eigenvalue weighted by Crippen LogP contribution is 2.55. The van der Waals surface area contributed by atoms with E-state index in [1.54, 1.807) is 0 Å². The fourth-order valence-corrected chi connectivity index (χ4v) is 7.97. The molecule has 0 heterocycles. The maximum atomic E-state index is 5.81. The second-order valence-electron chi connectivity index (χ2n) is 6.55. The van der Waals surface area contributed by atoms with Gasteiger partial charge in [-0.2, -0.15) is 0 Å². The van der Waals surface area contributed by atoms with Crippen LogP contribution in [0.25, 0.3) is 0 Å². The second kappa shape index (κ2) is 12.2. The summed E-state index contributed by atoms with van der Waals surface area (Å²) in [6.07, 6.45) is 3.05. The van der Waals surface area contributed by atoms with Crippen molar-refractivity contribution in [2.45, 2.75) is 12.8 Å². The fourth-order valence-electron chi connectivity index (χ4n) is 3.54. The van der Waals surface area contributed by atoms with Crippen LogP contribution in [0.4, 0.5) is 0 Å². The molecule has 3 aromatic rings. The molecule has 3 aromatic carbocycles. The Morgan fingerprint density at radius 2 is 1.00 bits per heavy atom. The molecule has 0 fully saturated rings. The van der Waals surface area contributed by atoms with Gasteiger partial charge >= 0.3 is 0 Å². The first-order valence-electron chi connectivity index (χ1n) is 9.56. The second-order valence-corrected chi connectivity index (χ2v) is 10.5. The summed E-state index contributed by atoms with van der Waals surface area (Å²) in [7, 11) is -1.71. The zero-order chi connectivity index (χ0) is 18.8. The minimum atomic E-state index is -1.71. The number of ether oxygens (including phenoxy) is 1. The molecule has 0 radical (unpaired) electrons. The number of alkyl halides is 1. The van der Waals surface area contributed by atoms with Crippen LogP contribution in [0, 0.1) is 0 Å². The van der Waals surface area contributed by atoms with E-state index in [0.717, 1.165) is 32.2 Å². The van der Waals surface area contributed by atoms with Gasteiger partial charge in [0.25, 0.3) is 0 Å². The normalized spacial score (nSPS) is 11.0. The molecule has 0 aromatic heterocycles. The zero-order valence-corrected chi connectivity index (χ0v) is 18.4. The first-order valence-corrected chi connectivity index (χ1v) is 12.1. The molecule has 0 aliphatic heterocycles. The van der Waals surface area contributed by atoms with Gasteiger partial charge in [-0.15, -0.1) is 11.6 Å². The van der Waals surface area contributed by atoms with Gasteiger partial charge in [0.2, 0.25) is 0 Å². The number of halogens is 2. The monoisotopic (exact) mass is 432 g/mol. The number of hydrogen-bond acceptors (Lipinski definition) is 1. The molecule has 0 bridgehead atoms. The molecule has 0 amide bonds. The van der Waals surface area contributed by atoms with Gasteiger partial charge in [-0.25, -0.2) is 0 Å². The minimum Gasteiger partial charge on any atom is -1.00 e. The van der Waals surface area contributed by atoms with Crippen molar-refractivity contribution in [2.24, 2.45) is 0 Å². The quantitative estimate of drug-likeness (QED) is 0.270. The molecule has 4 heteroatoms. The molecule has 0 aliphatic carbocycles. The van der Waals surface area contributed by atoms with E-state index in [4.69, 9.17) is 16.3 Å². The lowest BCUT2D eigenvalue weighted by molar-refractivity contribution is -0.00000590. The van der Waals surface area contributed by atoms with Crippen molar-refractivity contribution in [1.82, 2.24) is 0 Å². The Hall–Kier alpha value is -1.37. The summed E-state index contributed by atoms with van der Waals surface area (Å²) in [6.45, 7) is 1.53. The number of benzene rings is 3. The van der Waals surface area contributed by atoms with Gasteiger partial charge in [-0.1, -0.05) is 54.6 Å². The van der Waals surface area contributed by atoms with E-state index in [2.05, 4.69) is 91.0 Å². The third-order valence-corrected chi connectivity index (χ3v) is 9.59. The van der Waals surface area contributed by atoms with Crippen LogP contribution >= 0.6 is 18.9 Å². The molecule has 0 N–H and O–H groups in total. The third kappa shape index (κ3) is 5.58. The largest absolute Gasteiger partial charge is 1.00 e. The van der Waals surface area contributed by atoms with Gasteiger partial charge in [0.15, 0.2) is 0 Å². The number of rotatable bonds is 10. The lowest BCUT2D eigenvalue weighted by Gasteiger charge is -2.27. The standard InChI is InChI=1S/C24H27ClOP.ClH/c25-18-10-19-26-20-11-21-27(22-12-4-1-5-13-22,23-14-6-2-7-15-23)24-16-8-3-9-17-24;/h1-9,12-17H,10-11,18-21H2;1H/q+1;/p-1. The van der Waals surface area contributed by atoms with Crippen molar-refractivity contribution >= 4 is 34.8 Å². The topological polar surface area (TPSA) is 9.23 Å². The molecule has 0 atom stereocenters. The molecule has 1 nitrogen and oxygen atoms in total. The van der Waals surface area contributed by atoms with E-state index in [0.29, 0.717) is 5.88 Å². The molecule has 148 valence electrons. The van der Waals surface area contributed by atoms with Crippen LogP contribution in [0.3, 0.4) is 0 Å². The summed E-state index contributed by atoms with van der Waals surface area (Å²) in [5.41, 5.74) is 0. The summed E-state index contributed by atoms with van der Waals surface area (Å²) in [4.78, 5) is 0. The summed E-state index contributed by atoms with van der Waals surface area (Å²) in [6, 6.07) is 33.0. The van der Waals surface area contributed by atoms with E-state index in [1.165, 1.54) is 15.9 Å². The van der Waals surface area contributed by atoms with E-state index >= 15 is 0 Å². The highest BCUT2D eigenvalue weighted by atomic mass is 35.5. The predicted molar refractivity (Wildman–Crippen MR) is 121 cm³/mol. The fraction of sp³-hybridized carbons (Fsp3) is 0.250. The van der Waals surface area contributed by atoms with E-state index in [1.807, 2.05) is 0 Å². The van der Waals surface area contributed by atoms with Crippen LogP contribution in [-0.2, 0) is 4.74 Å². The molecule has 0 unspecified atom stereocenters. The Labute approximate surface area is 180 Å². The average Bonchev–Trinajstić information content (AvgIpc) is 2.75. The van der Waals surface area contributed by atoms with Crippen LogP contribution < -0.4 is 28.3 Å². The van der Waals surface area contributed by atoms with Gasteiger partial charge in [0, 0.05) is 18.9 Å². The average molecular weight is 433 g/mol. The predicted octanol–water partition coefficient (Wildman–Crippen LogP) is 2.02. The van der Waals surface area contributed by atoms with Crippen molar-refractivity contribution < 1.29 is 17.1 Å². The van der Waals surface area contributed by atoms with Crippen LogP contribution in [0.15, 0.2) is 91.0 Å². The van der Waals surface area contributed by atoms with Gasteiger partial charge in [0.1, 0.15) is 23.2 Å². The maximum absolute atomic E-state index is 5.81. The molecule has 0 saturated carbocycles. The Morgan fingerprint density at radius 1 is 0.607 bits per heavy atom. The zero-order valence-electron chi connectivity index (χ0n) is 16.0. The van der Waals surface area contributed by atoms with Crippen molar-refractivity contribution in [2.75, 3.05) is 25.3 Å². The molecule has 28 heavy (non-hydrogen) atoms. The maximum Gasteiger partial charge on any atom is 0.112 e. The first kappa shape index (κ1) is 22.9. The van der Waals surface area contributed by atoms with Crippen molar-refractivity contribution in [1.29, 1.82) is 0 Å². The summed E-state index contributed by atoms with van der Waals surface area (Å²) in [5.74, 6) is 0.662. The van der Waals surface area contributed by atoms with Crippen LogP contribution in [0.1, 0.15) is 12.8 Å². The summed E-state index contributed by atoms with van der Waals surface area (Å²) in [5, 5.41) is 4.30. The molecule has 0 saturated heterocycles. The molecular formula is C24H27Cl2OP. The molecular weight excluding hydrogens is 406 g/mol. The van der Waals surface area contributed by atoms with E-state index in [-0.39, 0.29) is 12.4 Å². The lowest BCUT2D eigenvalue weighted by Crippen LogP contribution is -3.00. The van der Waals surface area contributed by atoms with Gasteiger partial charge < -0.3 is 17.1 Å². The summed E-state index contributed by atoms with van der Waals surface area (Å²) < 4.78 is 5.81. The smallest absolute Gasteiger partial charge is 0.112 e. The van der Waals surface area contributed by atoms with Gasteiger partial charge in [-0.05, 0) is 42.8 Å². The lowest BCUT2D eigenvalue weighted by atomic mass is 10.4. The molecule has 3 rings (SSSR count). The van der Waals surface area contributed by atoms with Crippen molar-refractivity contribution in [3.63, 3.8) is 0 Å². The van der Waals surface area contributed by atoms with Crippen LogP contribution in [-0.4, -0.2) is 25.3 Å². The van der Waals surface area contributed by atoms with E-state index in [9.17, 15) is 0 Å². The Kier molecular flexibility index (Phi) is 10.0.